The highest BCUT2D eigenvalue weighted by molar-refractivity contribution is 6.07. The van der Waals surface area contributed by atoms with E-state index in [0.717, 1.165) is 27.5 Å². The van der Waals surface area contributed by atoms with Gasteiger partial charge in [0, 0.05) is 22.8 Å². The van der Waals surface area contributed by atoms with E-state index in [1.807, 2.05) is 12.1 Å². The van der Waals surface area contributed by atoms with Crippen LogP contribution in [0, 0.1) is 0 Å². The van der Waals surface area contributed by atoms with Gasteiger partial charge in [0.2, 0.25) is 0 Å². The number of hydrogen-bond acceptors (Lipinski definition) is 3. The predicted molar refractivity (Wildman–Crippen MR) is 63.2 cm³/mol. The number of aromatic hydroxyl groups is 1. The second kappa shape index (κ2) is 3.21. The number of benzene rings is 1. The molecule has 0 fully saturated rings. The van der Waals surface area contributed by atoms with E-state index in [1.54, 1.807) is 18.3 Å². The fourth-order valence-electron chi connectivity index (χ4n) is 1.94. The van der Waals surface area contributed by atoms with Crippen molar-refractivity contribution in [3.63, 3.8) is 0 Å². The van der Waals surface area contributed by atoms with Crippen LogP contribution in [-0.4, -0.2) is 15.1 Å². The number of hydrogen-bond donors (Lipinski definition) is 3. The lowest BCUT2D eigenvalue weighted by molar-refractivity contribution is 0.476. The molecule has 0 unspecified atom stereocenters. The van der Waals surface area contributed by atoms with Gasteiger partial charge in [-0.05, 0) is 24.3 Å². The Balaban J connectivity index is 2.44. The molecule has 0 amide bonds. The van der Waals surface area contributed by atoms with Gasteiger partial charge in [-0.15, -0.1) is 0 Å². The lowest BCUT2D eigenvalue weighted by Gasteiger charge is -1.96. The SMILES string of the molecule is NCc1cc2c(cn1)[nH]c1ccc(O)cc12. The van der Waals surface area contributed by atoms with Crippen LogP contribution >= 0.6 is 0 Å². The molecule has 4 nitrogen and oxygen atoms in total. The highest BCUT2D eigenvalue weighted by Gasteiger charge is 2.05. The molecule has 4 heteroatoms. The van der Waals surface area contributed by atoms with Crippen LogP contribution in [0.25, 0.3) is 21.8 Å². The summed E-state index contributed by atoms with van der Waals surface area (Å²) in [6.45, 7) is 0.418. The highest BCUT2D eigenvalue weighted by Crippen LogP contribution is 2.28. The van der Waals surface area contributed by atoms with Crippen LogP contribution in [0.4, 0.5) is 0 Å². The first-order chi connectivity index (χ1) is 7.78. The molecule has 0 aliphatic heterocycles. The topological polar surface area (TPSA) is 74.9 Å². The van der Waals surface area contributed by atoms with Crippen molar-refractivity contribution in [2.75, 3.05) is 0 Å². The van der Waals surface area contributed by atoms with Crippen molar-refractivity contribution in [3.8, 4) is 5.75 Å². The average molecular weight is 213 g/mol. The van der Waals surface area contributed by atoms with E-state index in [0.29, 0.717) is 6.54 Å². The third kappa shape index (κ3) is 1.24. The maximum atomic E-state index is 9.48. The Labute approximate surface area is 91.7 Å². The van der Waals surface area contributed by atoms with E-state index in [2.05, 4.69) is 9.97 Å². The normalized spacial score (nSPS) is 11.3. The van der Waals surface area contributed by atoms with Gasteiger partial charge in [-0.3, -0.25) is 4.98 Å². The van der Waals surface area contributed by atoms with Crippen LogP contribution in [0.2, 0.25) is 0 Å². The summed E-state index contributed by atoms with van der Waals surface area (Å²) in [6.07, 6.45) is 1.77. The number of rotatable bonds is 1. The molecular weight excluding hydrogens is 202 g/mol. The fourth-order valence-corrected chi connectivity index (χ4v) is 1.94. The van der Waals surface area contributed by atoms with Gasteiger partial charge in [-0.1, -0.05) is 0 Å². The Kier molecular flexibility index (Phi) is 1.84. The van der Waals surface area contributed by atoms with Gasteiger partial charge in [0.1, 0.15) is 5.75 Å². The third-order valence-electron chi connectivity index (χ3n) is 2.73. The van der Waals surface area contributed by atoms with Crippen molar-refractivity contribution < 1.29 is 5.11 Å². The number of pyridine rings is 1. The molecule has 0 atom stereocenters. The molecule has 4 N–H and O–H groups in total. The number of aromatic amines is 1. The van der Waals surface area contributed by atoms with Gasteiger partial charge in [0.25, 0.3) is 0 Å². The molecule has 3 aromatic rings. The van der Waals surface area contributed by atoms with Crippen molar-refractivity contribution in [3.05, 3.63) is 36.2 Å². The van der Waals surface area contributed by atoms with E-state index in [4.69, 9.17) is 5.73 Å². The van der Waals surface area contributed by atoms with Gasteiger partial charge in [-0.25, -0.2) is 0 Å². The number of nitrogens with one attached hydrogen (secondary N) is 1. The number of fused-ring (bicyclic) bond motifs is 3. The Morgan fingerprint density at radius 1 is 1.19 bits per heavy atom. The molecule has 16 heavy (non-hydrogen) atoms. The first-order valence-electron chi connectivity index (χ1n) is 5.07. The Morgan fingerprint density at radius 3 is 2.81 bits per heavy atom. The van der Waals surface area contributed by atoms with Crippen LogP contribution < -0.4 is 5.73 Å². The molecule has 0 bridgehead atoms. The lowest BCUT2D eigenvalue weighted by Crippen LogP contribution is -1.98. The molecule has 0 radical (unpaired) electrons. The quantitative estimate of drug-likeness (QED) is 0.577. The smallest absolute Gasteiger partial charge is 0.116 e. The van der Waals surface area contributed by atoms with E-state index in [1.165, 1.54) is 0 Å². The largest absolute Gasteiger partial charge is 0.508 e. The zero-order valence-corrected chi connectivity index (χ0v) is 8.57. The number of aromatic nitrogens is 2. The zero-order valence-electron chi connectivity index (χ0n) is 8.57. The molecule has 0 aliphatic carbocycles. The predicted octanol–water partition coefficient (Wildman–Crippen LogP) is 1.88. The molecule has 1 aromatic carbocycles. The standard InChI is InChI=1S/C12H11N3O/c13-5-7-3-9-10-4-8(16)1-2-11(10)15-12(9)6-14-7/h1-4,6,15-16H,5,13H2. The van der Waals surface area contributed by atoms with Crippen molar-refractivity contribution in [1.29, 1.82) is 0 Å². The van der Waals surface area contributed by atoms with Gasteiger partial charge in [-0.2, -0.15) is 0 Å². The summed E-state index contributed by atoms with van der Waals surface area (Å²) in [5.74, 6) is 0.263. The van der Waals surface area contributed by atoms with Crippen LogP contribution in [0.3, 0.4) is 0 Å². The molecule has 0 saturated heterocycles. The summed E-state index contributed by atoms with van der Waals surface area (Å²) in [4.78, 5) is 7.47. The van der Waals surface area contributed by atoms with Gasteiger partial charge >= 0.3 is 0 Å². The highest BCUT2D eigenvalue weighted by atomic mass is 16.3. The lowest BCUT2D eigenvalue weighted by atomic mass is 10.1. The van der Waals surface area contributed by atoms with Gasteiger partial charge < -0.3 is 15.8 Å². The minimum Gasteiger partial charge on any atom is -0.508 e. The molecule has 3 rings (SSSR count). The van der Waals surface area contributed by atoms with Crippen molar-refractivity contribution in [2.24, 2.45) is 5.73 Å². The van der Waals surface area contributed by atoms with E-state index < -0.39 is 0 Å². The van der Waals surface area contributed by atoms with Crippen LogP contribution in [-0.2, 0) is 6.54 Å². The number of H-pyrrole nitrogens is 1. The fraction of sp³-hybridized carbons (Fsp3) is 0.0833. The van der Waals surface area contributed by atoms with Crippen molar-refractivity contribution >= 4 is 21.8 Å². The van der Waals surface area contributed by atoms with Crippen LogP contribution in [0.15, 0.2) is 30.5 Å². The number of nitrogens with zero attached hydrogens (tertiary/aromatic N) is 1. The Bertz CT molecular complexity index is 672. The van der Waals surface area contributed by atoms with Crippen molar-refractivity contribution in [1.82, 2.24) is 9.97 Å². The number of nitrogens with two attached hydrogens (primary N) is 1. The Hall–Kier alpha value is -2.07. The molecule has 2 heterocycles. The summed E-state index contributed by atoms with van der Waals surface area (Å²) < 4.78 is 0. The molecular formula is C12H11N3O. The zero-order chi connectivity index (χ0) is 11.1. The summed E-state index contributed by atoms with van der Waals surface area (Å²) in [5.41, 5.74) is 8.35. The molecule has 0 spiro atoms. The second-order valence-corrected chi connectivity index (χ2v) is 3.78. The maximum absolute atomic E-state index is 9.48. The summed E-state index contributed by atoms with van der Waals surface area (Å²) in [5, 5.41) is 11.5. The first-order valence-corrected chi connectivity index (χ1v) is 5.07. The summed E-state index contributed by atoms with van der Waals surface area (Å²) >= 11 is 0. The van der Waals surface area contributed by atoms with Gasteiger partial charge in [0.15, 0.2) is 0 Å². The van der Waals surface area contributed by atoms with Crippen LogP contribution in [0.5, 0.6) is 5.75 Å². The molecule has 80 valence electrons. The third-order valence-corrected chi connectivity index (χ3v) is 2.73. The number of phenolic OH excluding ortho intramolecular Hbond substituents is 1. The van der Waals surface area contributed by atoms with E-state index >= 15 is 0 Å². The maximum Gasteiger partial charge on any atom is 0.116 e. The van der Waals surface area contributed by atoms with E-state index in [9.17, 15) is 5.11 Å². The first kappa shape index (κ1) is 9.18. The minimum absolute atomic E-state index is 0.263. The van der Waals surface area contributed by atoms with Crippen LogP contribution in [0.1, 0.15) is 5.69 Å². The number of phenols is 1. The van der Waals surface area contributed by atoms with E-state index in [-0.39, 0.29) is 5.75 Å². The van der Waals surface area contributed by atoms with Crippen molar-refractivity contribution in [2.45, 2.75) is 6.54 Å². The second-order valence-electron chi connectivity index (χ2n) is 3.78. The monoisotopic (exact) mass is 213 g/mol. The summed E-state index contributed by atoms with van der Waals surface area (Å²) in [6, 6.07) is 7.21. The molecule has 0 saturated carbocycles. The minimum atomic E-state index is 0.263. The average Bonchev–Trinajstić information content (AvgIpc) is 2.66. The van der Waals surface area contributed by atoms with Gasteiger partial charge in [0.05, 0.1) is 17.4 Å². The molecule has 0 aliphatic rings. The summed E-state index contributed by atoms with van der Waals surface area (Å²) in [7, 11) is 0. The Morgan fingerprint density at radius 2 is 2.00 bits per heavy atom. The molecule has 2 aromatic heterocycles.